The third-order valence-electron chi connectivity index (χ3n) is 4.49. The molecule has 5 heteroatoms. The van der Waals surface area contributed by atoms with Crippen molar-refractivity contribution in [2.45, 2.75) is 64.2 Å². The molecule has 2 heterocycles. The van der Waals surface area contributed by atoms with E-state index in [1.807, 2.05) is 0 Å². The van der Waals surface area contributed by atoms with Gasteiger partial charge in [-0.25, -0.2) is 0 Å². The van der Waals surface area contributed by atoms with Crippen molar-refractivity contribution in [1.29, 1.82) is 0 Å². The first kappa shape index (κ1) is 16.7. The van der Waals surface area contributed by atoms with E-state index >= 15 is 0 Å². The first-order valence-corrected chi connectivity index (χ1v) is 8.37. The number of aliphatic hydroxyl groups is 1. The lowest BCUT2D eigenvalue weighted by molar-refractivity contribution is -0.129. The lowest BCUT2D eigenvalue weighted by atomic mass is 10.1. The number of hydrogen-bond donors (Lipinski definition) is 1. The molecule has 2 aliphatic rings. The normalized spacial score (nSPS) is 25.1. The van der Waals surface area contributed by atoms with Crippen LogP contribution in [0.15, 0.2) is 0 Å². The molecule has 0 aromatic rings. The molecule has 2 rings (SSSR count). The van der Waals surface area contributed by atoms with E-state index < -0.39 is 6.10 Å². The van der Waals surface area contributed by atoms with Crippen molar-refractivity contribution in [2.24, 2.45) is 0 Å². The second-order valence-electron chi connectivity index (χ2n) is 6.63. The zero-order chi connectivity index (χ0) is 15.2. The van der Waals surface area contributed by atoms with E-state index in [2.05, 4.69) is 18.7 Å². The number of hydrogen-bond acceptors (Lipinski definition) is 4. The van der Waals surface area contributed by atoms with Crippen LogP contribution in [0.2, 0.25) is 0 Å². The van der Waals surface area contributed by atoms with Crippen molar-refractivity contribution >= 4 is 5.91 Å². The highest BCUT2D eigenvalue weighted by Gasteiger charge is 2.25. The zero-order valence-corrected chi connectivity index (χ0v) is 13.5. The second kappa shape index (κ2) is 8.11. The number of rotatable bonds is 7. The lowest BCUT2D eigenvalue weighted by Crippen LogP contribution is -2.46. The van der Waals surface area contributed by atoms with Gasteiger partial charge in [0, 0.05) is 45.2 Å². The molecule has 122 valence electrons. The van der Waals surface area contributed by atoms with E-state index in [-0.39, 0.29) is 5.91 Å². The molecule has 2 unspecified atom stereocenters. The molecule has 2 saturated heterocycles. The maximum absolute atomic E-state index is 11.6. The summed E-state index contributed by atoms with van der Waals surface area (Å²) in [5, 5.41) is 10.3. The number of carbonyl (C=O) groups is 1. The summed E-state index contributed by atoms with van der Waals surface area (Å²) in [6.45, 7) is 7.91. The van der Waals surface area contributed by atoms with Crippen LogP contribution in [0, 0.1) is 0 Å². The molecule has 21 heavy (non-hydrogen) atoms. The Bertz CT molecular complexity index is 329. The van der Waals surface area contributed by atoms with Gasteiger partial charge in [0.2, 0.25) is 5.91 Å². The molecule has 2 fully saturated rings. The maximum atomic E-state index is 11.6. The van der Waals surface area contributed by atoms with E-state index in [1.165, 1.54) is 6.42 Å². The van der Waals surface area contributed by atoms with Crippen molar-refractivity contribution in [2.75, 3.05) is 32.8 Å². The molecule has 0 aromatic heterocycles. The Morgan fingerprint density at radius 1 is 1.38 bits per heavy atom. The Kier molecular flexibility index (Phi) is 6.45. The summed E-state index contributed by atoms with van der Waals surface area (Å²) in [4.78, 5) is 15.7. The Balaban J connectivity index is 1.79. The van der Waals surface area contributed by atoms with E-state index in [9.17, 15) is 9.90 Å². The standard InChI is InChI=1S/C16H30N2O3/c1-13(2)18(12-15-6-3-4-9-21-15)11-14(19)10-17-8-5-7-16(17)20/h13-15,19H,3-12H2,1-2H3. The maximum Gasteiger partial charge on any atom is 0.222 e. The highest BCUT2D eigenvalue weighted by Crippen LogP contribution is 2.16. The first-order chi connectivity index (χ1) is 10.1. The molecule has 0 aliphatic carbocycles. The van der Waals surface area contributed by atoms with Crippen LogP contribution in [-0.2, 0) is 9.53 Å². The van der Waals surface area contributed by atoms with Crippen molar-refractivity contribution in [3.05, 3.63) is 0 Å². The fourth-order valence-electron chi connectivity index (χ4n) is 3.19. The number of β-amino-alcohol motifs (C(OH)–C–C–N with tert-alkyl or cyclic N) is 1. The van der Waals surface area contributed by atoms with Gasteiger partial charge in [-0.3, -0.25) is 9.69 Å². The molecule has 0 aromatic carbocycles. The van der Waals surface area contributed by atoms with Crippen LogP contribution in [-0.4, -0.2) is 71.8 Å². The van der Waals surface area contributed by atoms with Gasteiger partial charge in [0.05, 0.1) is 12.2 Å². The summed E-state index contributed by atoms with van der Waals surface area (Å²) in [5.74, 6) is 0.181. The van der Waals surface area contributed by atoms with E-state index in [4.69, 9.17) is 4.74 Å². The molecular formula is C16H30N2O3. The molecule has 0 bridgehead atoms. The summed E-state index contributed by atoms with van der Waals surface area (Å²) in [7, 11) is 0. The van der Waals surface area contributed by atoms with Gasteiger partial charge in [-0.15, -0.1) is 0 Å². The predicted octanol–water partition coefficient (Wildman–Crippen LogP) is 1.25. The number of carbonyl (C=O) groups excluding carboxylic acids is 1. The molecular weight excluding hydrogens is 268 g/mol. The molecule has 0 spiro atoms. The second-order valence-corrected chi connectivity index (χ2v) is 6.63. The minimum absolute atomic E-state index is 0.181. The summed E-state index contributed by atoms with van der Waals surface area (Å²) in [5.41, 5.74) is 0. The molecule has 1 amide bonds. The average Bonchev–Trinajstić information content (AvgIpc) is 2.84. The van der Waals surface area contributed by atoms with E-state index in [1.54, 1.807) is 4.90 Å². The monoisotopic (exact) mass is 298 g/mol. The topological polar surface area (TPSA) is 53.0 Å². The molecule has 2 atom stereocenters. The average molecular weight is 298 g/mol. The summed E-state index contributed by atoms with van der Waals surface area (Å²) < 4.78 is 5.80. The first-order valence-electron chi connectivity index (χ1n) is 8.37. The highest BCUT2D eigenvalue weighted by molar-refractivity contribution is 5.78. The highest BCUT2D eigenvalue weighted by atomic mass is 16.5. The van der Waals surface area contributed by atoms with Gasteiger partial charge in [-0.1, -0.05) is 0 Å². The Labute approximate surface area is 128 Å². The molecule has 1 N–H and O–H groups in total. The quantitative estimate of drug-likeness (QED) is 0.768. The van der Waals surface area contributed by atoms with Gasteiger partial charge >= 0.3 is 0 Å². The van der Waals surface area contributed by atoms with Crippen molar-refractivity contribution in [1.82, 2.24) is 9.80 Å². The van der Waals surface area contributed by atoms with Crippen LogP contribution in [0.1, 0.15) is 46.0 Å². The summed E-state index contributed by atoms with van der Waals surface area (Å²) in [6, 6.07) is 0.374. The summed E-state index contributed by atoms with van der Waals surface area (Å²) in [6.07, 6.45) is 4.90. The SMILES string of the molecule is CC(C)N(CC(O)CN1CCCC1=O)CC1CCCCO1. The van der Waals surface area contributed by atoms with E-state index in [0.717, 1.165) is 39.0 Å². The zero-order valence-electron chi connectivity index (χ0n) is 13.5. The Morgan fingerprint density at radius 3 is 2.76 bits per heavy atom. The van der Waals surface area contributed by atoms with Crippen LogP contribution < -0.4 is 0 Å². The lowest BCUT2D eigenvalue weighted by Gasteiger charge is -2.34. The number of ether oxygens (including phenoxy) is 1. The van der Waals surface area contributed by atoms with Gasteiger partial charge in [0.15, 0.2) is 0 Å². The molecule has 0 radical (unpaired) electrons. The van der Waals surface area contributed by atoms with E-state index in [0.29, 0.717) is 31.7 Å². The van der Waals surface area contributed by atoms with Crippen LogP contribution in [0.5, 0.6) is 0 Å². The molecule has 2 aliphatic heterocycles. The number of amides is 1. The van der Waals surface area contributed by atoms with Crippen LogP contribution in [0.4, 0.5) is 0 Å². The minimum Gasteiger partial charge on any atom is -0.390 e. The number of nitrogens with zero attached hydrogens (tertiary/aromatic N) is 2. The Hall–Kier alpha value is -0.650. The largest absolute Gasteiger partial charge is 0.390 e. The van der Waals surface area contributed by atoms with Crippen LogP contribution in [0.3, 0.4) is 0 Å². The smallest absolute Gasteiger partial charge is 0.222 e. The number of likely N-dealkylation sites (tertiary alicyclic amines) is 1. The Morgan fingerprint density at radius 2 is 2.19 bits per heavy atom. The van der Waals surface area contributed by atoms with Gasteiger partial charge in [-0.05, 0) is 39.5 Å². The minimum atomic E-state index is -0.474. The molecule has 5 nitrogen and oxygen atoms in total. The summed E-state index contributed by atoms with van der Waals surface area (Å²) >= 11 is 0. The van der Waals surface area contributed by atoms with Crippen molar-refractivity contribution in [3.63, 3.8) is 0 Å². The fourth-order valence-corrected chi connectivity index (χ4v) is 3.19. The predicted molar refractivity (Wildman–Crippen MR) is 82.1 cm³/mol. The van der Waals surface area contributed by atoms with Crippen molar-refractivity contribution in [3.8, 4) is 0 Å². The van der Waals surface area contributed by atoms with Crippen molar-refractivity contribution < 1.29 is 14.6 Å². The fraction of sp³-hybridized carbons (Fsp3) is 0.938. The van der Waals surface area contributed by atoms with Gasteiger partial charge in [0.1, 0.15) is 0 Å². The third kappa shape index (κ3) is 5.24. The van der Waals surface area contributed by atoms with Crippen LogP contribution >= 0.6 is 0 Å². The third-order valence-corrected chi connectivity index (χ3v) is 4.49. The van der Waals surface area contributed by atoms with Gasteiger partial charge in [-0.2, -0.15) is 0 Å². The van der Waals surface area contributed by atoms with Gasteiger partial charge in [0.25, 0.3) is 0 Å². The van der Waals surface area contributed by atoms with Crippen LogP contribution in [0.25, 0.3) is 0 Å². The van der Waals surface area contributed by atoms with Gasteiger partial charge < -0.3 is 14.7 Å². The molecule has 0 saturated carbocycles. The number of aliphatic hydroxyl groups excluding tert-OH is 1.